The summed E-state index contributed by atoms with van der Waals surface area (Å²) < 4.78 is 5.31. The molecule has 0 aliphatic rings. The van der Waals surface area contributed by atoms with Gasteiger partial charge in [-0.2, -0.15) is 0 Å². The van der Waals surface area contributed by atoms with Crippen LogP contribution in [0.5, 0.6) is 0 Å². The Labute approximate surface area is 101 Å². The van der Waals surface area contributed by atoms with Gasteiger partial charge in [-0.25, -0.2) is 4.98 Å². The van der Waals surface area contributed by atoms with Gasteiger partial charge in [0, 0.05) is 19.8 Å². The molecule has 2 rings (SSSR count). The first-order valence-electron chi connectivity index (χ1n) is 5.61. The third-order valence-electron chi connectivity index (χ3n) is 2.54. The van der Waals surface area contributed by atoms with Crippen LogP contribution in [0.2, 0.25) is 0 Å². The third kappa shape index (κ3) is 3.32. The van der Waals surface area contributed by atoms with Crippen molar-refractivity contribution in [2.75, 3.05) is 19.4 Å². The second kappa shape index (κ2) is 5.50. The highest BCUT2D eigenvalue weighted by Crippen LogP contribution is 2.09. The number of nitrogens with one attached hydrogen (secondary N) is 1. The van der Waals surface area contributed by atoms with Crippen molar-refractivity contribution in [1.82, 2.24) is 9.88 Å². The van der Waals surface area contributed by atoms with Crippen molar-refractivity contribution in [1.29, 1.82) is 0 Å². The third-order valence-corrected chi connectivity index (χ3v) is 2.54. The van der Waals surface area contributed by atoms with Crippen molar-refractivity contribution in [3.05, 3.63) is 48.0 Å². The molecule has 90 valence electrons. The summed E-state index contributed by atoms with van der Waals surface area (Å²) in [6.45, 7) is 1.67. The van der Waals surface area contributed by atoms with Crippen molar-refractivity contribution < 1.29 is 4.42 Å². The predicted molar refractivity (Wildman–Crippen MR) is 67.7 cm³/mol. The first-order chi connectivity index (χ1) is 8.28. The number of aromatic nitrogens is 1. The van der Waals surface area contributed by atoms with Crippen LogP contribution in [-0.2, 0) is 13.1 Å². The average molecular weight is 231 g/mol. The van der Waals surface area contributed by atoms with E-state index in [0.717, 1.165) is 24.7 Å². The van der Waals surface area contributed by atoms with Crippen LogP contribution in [0, 0.1) is 0 Å². The highest BCUT2D eigenvalue weighted by Gasteiger charge is 2.04. The fraction of sp³-hybridized carbons (Fsp3) is 0.308. The minimum Gasteiger partial charge on any atom is -0.468 e. The molecule has 2 aromatic heterocycles. The fourth-order valence-corrected chi connectivity index (χ4v) is 1.70. The fourth-order valence-electron chi connectivity index (χ4n) is 1.70. The summed E-state index contributed by atoms with van der Waals surface area (Å²) in [5, 5.41) is 3.00. The van der Waals surface area contributed by atoms with Gasteiger partial charge in [0.1, 0.15) is 11.6 Å². The summed E-state index contributed by atoms with van der Waals surface area (Å²) in [5.41, 5.74) is 1.19. The Balaban J connectivity index is 1.91. The lowest BCUT2D eigenvalue weighted by Gasteiger charge is -2.15. The zero-order valence-corrected chi connectivity index (χ0v) is 10.2. The Kier molecular flexibility index (Phi) is 3.77. The van der Waals surface area contributed by atoms with E-state index in [9.17, 15) is 0 Å². The van der Waals surface area contributed by atoms with Gasteiger partial charge in [0.25, 0.3) is 0 Å². The molecule has 0 fully saturated rings. The molecule has 0 amide bonds. The van der Waals surface area contributed by atoms with E-state index in [1.54, 1.807) is 6.26 Å². The van der Waals surface area contributed by atoms with Crippen molar-refractivity contribution >= 4 is 5.82 Å². The number of rotatable bonds is 5. The highest BCUT2D eigenvalue weighted by atomic mass is 16.3. The molecule has 0 atom stereocenters. The van der Waals surface area contributed by atoms with Gasteiger partial charge in [-0.1, -0.05) is 6.07 Å². The minimum atomic E-state index is 0.806. The maximum Gasteiger partial charge on any atom is 0.125 e. The first-order valence-corrected chi connectivity index (χ1v) is 5.61. The number of hydrogen-bond donors (Lipinski definition) is 1. The van der Waals surface area contributed by atoms with Gasteiger partial charge in [0.05, 0.1) is 12.8 Å². The number of pyridine rings is 1. The molecule has 0 bridgehead atoms. The Morgan fingerprint density at radius 1 is 1.29 bits per heavy atom. The standard InChI is InChI=1S/C13H17N3O/c1-14-13-6-5-11(8-15-13)9-16(2)10-12-4-3-7-17-12/h3-8H,9-10H2,1-2H3,(H,14,15). The van der Waals surface area contributed by atoms with E-state index in [4.69, 9.17) is 4.42 Å². The summed E-state index contributed by atoms with van der Waals surface area (Å²) in [6.07, 6.45) is 3.59. The molecular weight excluding hydrogens is 214 g/mol. The van der Waals surface area contributed by atoms with Crippen LogP contribution in [0.3, 0.4) is 0 Å². The molecular formula is C13H17N3O. The summed E-state index contributed by atoms with van der Waals surface area (Å²) in [5.74, 6) is 1.87. The van der Waals surface area contributed by atoms with E-state index in [2.05, 4.69) is 28.3 Å². The zero-order chi connectivity index (χ0) is 12.1. The molecule has 0 unspecified atom stereocenters. The lowest BCUT2D eigenvalue weighted by atomic mass is 10.2. The van der Waals surface area contributed by atoms with Crippen LogP contribution >= 0.6 is 0 Å². The Morgan fingerprint density at radius 2 is 2.18 bits per heavy atom. The second-order valence-corrected chi connectivity index (χ2v) is 4.05. The molecule has 0 saturated heterocycles. The van der Waals surface area contributed by atoms with E-state index in [-0.39, 0.29) is 0 Å². The minimum absolute atomic E-state index is 0.806. The van der Waals surface area contributed by atoms with Crippen LogP contribution < -0.4 is 5.32 Å². The number of furan rings is 1. The van der Waals surface area contributed by atoms with E-state index in [0.29, 0.717) is 0 Å². The topological polar surface area (TPSA) is 41.3 Å². The Morgan fingerprint density at radius 3 is 2.76 bits per heavy atom. The van der Waals surface area contributed by atoms with Crippen LogP contribution in [0.25, 0.3) is 0 Å². The average Bonchev–Trinajstić information content (AvgIpc) is 2.82. The van der Waals surface area contributed by atoms with Gasteiger partial charge in [0.2, 0.25) is 0 Å². The molecule has 0 radical (unpaired) electrons. The molecule has 0 aliphatic carbocycles. The maximum absolute atomic E-state index is 5.31. The van der Waals surface area contributed by atoms with Crippen molar-refractivity contribution in [3.63, 3.8) is 0 Å². The monoisotopic (exact) mass is 231 g/mol. The molecule has 17 heavy (non-hydrogen) atoms. The quantitative estimate of drug-likeness (QED) is 0.857. The van der Waals surface area contributed by atoms with Gasteiger partial charge in [-0.05, 0) is 30.8 Å². The molecule has 1 N–H and O–H groups in total. The van der Waals surface area contributed by atoms with Crippen LogP contribution in [0.15, 0.2) is 41.1 Å². The molecule has 2 aromatic rings. The highest BCUT2D eigenvalue weighted by molar-refractivity contribution is 5.34. The number of nitrogens with zero attached hydrogens (tertiary/aromatic N) is 2. The summed E-state index contributed by atoms with van der Waals surface area (Å²) in [4.78, 5) is 6.48. The molecule has 0 saturated carbocycles. The molecule has 4 heteroatoms. The zero-order valence-electron chi connectivity index (χ0n) is 10.2. The Bertz CT molecular complexity index is 436. The van der Waals surface area contributed by atoms with Crippen molar-refractivity contribution in [2.24, 2.45) is 0 Å². The molecule has 2 heterocycles. The lowest BCUT2D eigenvalue weighted by molar-refractivity contribution is 0.287. The van der Waals surface area contributed by atoms with E-state index < -0.39 is 0 Å². The number of hydrogen-bond acceptors (Lipinski definition) is 4. The van der Waals surface area contributed by atoms with E-state index in [1.165, 1.54) is 5.56 Å². The summed E-state index contributed by atoms with van der Waals surface area (Å²) in [6, 6.07) is 7.96. The van der Waals surface area contributed by atoms with Crippen LogP contribution in [-0.4, -0.2) is 24.0 Å². The van der Waals surface area contributed by atoms with Crippen molar-refractivity contribution in [2.45, 2.75) is 13.1 Å². The molecule has 0 aromatic carbocycles. The van der Waals surface area contributed by atoms with Gasteiger partial charge in [0.15, 0.2) is 0 Å². The van der Waals surface area contributed by atoms with Gasteiger partial charge in [-0.3, -0.25) is 4.90 Å². The maximum atomic E-state index is 5.31. The Hall–Kier alpha value is -1.81. The lowest BCUT2D eigenvalue weighted by Crippen LogP contribution is -2.16. The first kappa shape index (κ1) is 11.7. The molecule has 4 nitrogen and oxygen atoms in total. The van der Waals surface area contributed by atoms with Gasteiger partial charge < -0.3 is 9.73 Å². The second-order valence-electron chi connectivity index (χ2n) is 4.05. The molecule has 0 spiro atoms. The van der Waals surface area contributed by atoms with Crippen molar-refractivity contribution in [3.8, 4) is 0 Å². The summed E-state index contributed by atoms with van der Waals surface area (Å²) in [7, 11) is 3.93. The summed E-state index contributed by atoms with van der Waals surface area (Å²) >= 11 is 0. The van der Waals surface area contributed by atoms with Gasteiger partial charge >= 0.3 is 0 Å². The number of anilines is 1. The predicted octanol–water partition coefficient (Wildman–Crippen LogP) is 2.35. The smallest absolute Gasteiger partial charge is 0.125 e. The van der Waals surface area contributed by atoms with E-state index >= 15 is 0 Å². The van der Waals surface area contributed by atoms with Crippen LogP contribution in [0.4, 0.5) is 5.82 Å². The largest absolute Gasteiger partial charge is 0.468 e. The normalized spacial score (nSPS) is 10.8. The van der Waals surface area contributed by atoms with Gasteiger partial charge in [-0.15, -0.1) is 0 Å². The SMILES string of the molecule is CNc1ccc(CN(C)Cc2ccco2)cn1. The van der Waals surface area contributed by atoms with E-state index in [1.807, 2.05) is 31.4 Å². The molecule has 0 aliphatic heterocycles. The van der Waals surface area contributed by atoms with Crippen LogP contribution in [0.1, 0.15) is 11.3 Å².